The van der Waals surface area contributed by atoms with Crippen LogP contribution in [0.15, 0.2) is 0 Å². The quantitative estimate of drug-likeness (QED) is 0.840. The van der Waals surface area contributed by atoms with Gasteiger partial charge in [-0.1, -0.05) is 26.7 Å². The normalized spacial score (nSPS) is 38.6. The van der Waals surface area contributed by atoms with Gasteiger partial charge >= 0.3 is 0 Å². The highest BCUT2D eigenvalue weighted by molar-refractivity contribution is 4.93. The van der Waals surface area contributed by atoms with Crippen LogP contribution >= 0.6 is 0 Å². The Balaban J connectivity index is 1.58. The van der Waals surface area contributed by atoms with Crippen LogP contribution in [-0.4, -0.2) is 61.7 Å². The number of nitrogens with zero attached hydrogens (tertiary/aromatic N) is 2. The maximum Gasteiger partial charge on any atom is 0.0224 e. The van der Waals surface area contributed by atoms with E-state index in [0.717, 1.165) is 18.5 Å². The third-order valence-electron chi connectivity index (χ3n) is 6.32. The van der Waals surface area contributed by atoms with E-state index in [1.54, 1.807) is 0 Å². The van der Waals surface area contributed by atoms with Gasteiger partial charge in [-0.3, -0.25) is 9.80 Å². The Bertz CT molecular complexity index is 317. The van der Waals surface area contributed by atoms with E-state index in [1.807, 2.05) is 0 Å². The lowest BCUT2D eigenvalue weighted by atomic mass is 9.70. The highest BCUT2D eigenvalue weighted by Gasteiger charge is 2.38. The van der Waals surface area contributed by atoms with Crippen LogP contribution in [0.1, 0.15) is 52.4 Å². The Morgan fingerprint density at radius 3 is 2.67 bits per heavy atom. The Morgan fingerprint density at radius 1 is 1.10 bits per heavy atom. The zero-order chi connectivity index (χ0) is 14.7. The second-order valence-corrected chi connectivity index (χ2v) is 8.03. The monoisotopic (exact) mass is 293 g/mol. The zero-order valence-electron chi connectivity index (χ0n) is 14.2. The lowest BCUT2D eigenvalue weighted by molar-refractivity contribution is 0.0399. The summed E-state index contributed by atoms with van der Waals surface area (Å²) in [6, 6.07) is 0.873. The highest BCUT2D eigenvalue weighted by atomic mass is 15.3. The first-order chi connectivity index (χ1) is 10.2. The van der Waals surface area contributed by atoms with Crippen LogP contribution in [0.25, 0.3) is 0 Å². The first kappa shape index (κ1) is 15.8. The molecule has 3 heteroatoms. The van der Waals surface area contributed by atoms with E-state index < -0.39 is 0 Å². The number of nitrogens with one attached hydrogen (secondary N) is 1. The topological polar surface area (TPSA) is 18.5 Å². The minimum Gasteiger partial charge on any atom is -0.316 e. The molecule has 1 N–H and O–H groups in total. The van der Waals surface area contributed by atoms with Gasteiger partial charge in [0.05, 0.1) is 0 Å². The summed E-state index contributed by atoms with van der Waals surface area (Å²) in [7, 11) is 0. The van der Waals surface area contributed by atoms with Gasteiger partial charge in [-0.25, -0.2) is 0 Å². The number of hydrogen-bond acceptors (Lipinski definition) is 3. The van der Waals surface area contributed by atoms with Crippen LogP contribution in [0.4, 0.5) is 0 Å². The largest absolute Gasteiger partial charge is 0.316 e. The second-order valence-electron chi connectivity index (χ2n) is 8.03. The first-order valence-corrected chi connectivity index (χ1v) is 9.38. The molecule has 21 heavy (non-hydrogen) atoms. The lowest BCUT2D eigenvalue weighted by Gasteiger charge is -2.46. The van der Waals surface area contributed by atoms with Crippen molar-refractivity contribution in [1.29, 1.82) is 0 Å². The van der Waals surface area contributed by atoms with Crippen molar-refractivity contribution in [3.63, 3.8) is 0 Å². The molecule has 1 aliphatic carbocycles. The van der Waals surface area contributed by atoms with Gasteiger partial charge in [-0.15, -0.1) is 0 Å². The maximum atomic E-state index is 3.67. The van der Waals surface area contributed by atoms with Crippen molar-refractivity contribution in [1.82, 2.24) is 15.1 Å². The van der Waals surface area contributed by atoms with E-state index >= 15 is 0 Å². The highest BCUT2D eigenvalue weighted by Crippen LogP contribution is 2.39. The van der Waals surface area contributed by atoms with Crippen molar-refractivity contribution in [2.75, 3.05) is 45.8 Å². The third-order valence-corrected chi connectivity index (χ3v) is 6.32. The van der Waals surface area contributed by atoms with Crippen LogP contribution in [0.2, 0.25) is 0 Å². The van der Waals surface area contributed by atoms with Gasteiger partial charge < -0.3 is 5.32 Å². The lowest BCUT2D eigenvalue weighted by Crippen LogP contribution is -2.54. The van der Waals surface area contributed by atoms with Gasteiger partial charge in [-0.05, 0) is 50.1 Å². The second kappa shape index (κ2) is 6.97. The molecule has 3 rings (SSSR count). The molecule has 122 valence electrons. The molecule has 0 radical (unpaired) electrons. The van der Waals surface area contributed by atoms with Crippen LogP contribution < -0.4 is 5.32 Å². The van der Waals surface area contributed by atoms with Gasteiger partial charge in [0, 0.05) is 38.8 Å². The fourth-order valence-corrected chi connectivity index (χ4v) is 4.83. The molecule has 3 nitrogen and oxygen atoms in total. The van der Waals surface area contributed by atoms with Crippen molar-refractivity contribution in [2.24, 2.45) is 11.3 Å². The molecule has 2 heterocycles. The van der Waals surface area contributed by atoms with Crippen LogP contribution in [0.5, 0.6) is 0 Å². The van der Waals surface area contributed by atoms with Gasteiger partial charge in [0.15, 0.2) is 0 Å². The predicted molar refractivity (Wildman–Crippen MR) is 89.6 cm³/mol. The summed E-state index contributed by atoms with van der Waals surface area (Å²) in [6.07, 6.45) is 8.62. The zero-order valence-corrected chi connectivity index (χ0v) is 14.2. The number of fused-ring (bicyclic) bond motifs is 1. The van der Waals surface area contributed by atoms with E-state index in [-0.39, 0.29) is 0 Å². The van der Waals surface area contributed by atoms with E-state index in [1.165, 1.54) is 77.8 Å². The summed E-state index contributed by atoms with van der Waals surface area (Å²) in [5, 5.41) is 3.67. The van der Waals surface area contributed by atoms with Crippen molar-refractivity contribution < 1.29 is 0 Å². The molecule has 0 aromatic heterocycles. The minimum atomic E-state index is 0.559. The van der Waals surface area contributed by atoms with Crippen molar-refractivity contribution >= 4 is 0 Å². The minimum absolute atomic E-state index is 0.559. The van der Waals surface area contributed by atoms with Crippen LogP contribution in [0, 0.1) is 11.3 Å². The van der Waals surface area contributed by atoms with E-state index in [4.69, 9.17) is 0 Å². The molecule has 3 fully saturated rings. The molecular weight excluding hydrogens is 258 g/mol. The average Bonchev–Trinajstić information content (AvgIpc) is 2.96. The van der Waals surface area contributed by atoms with Crippen molar-refractivity contribution in [2.45, 2.75) is 58.4 Å². The van der Waals surface area contributed by atoms with E-state index in [2.05, 4.69) is 29.0 Å². The third kappa shape index (κ3) is 3.80. The smallest absolute Gasteiger partial charge is 0.0224 e. The number of piperazine rings is 1. The molecule has 1 atom stereocenters. The molecule has 1 unspecified atom stereocenters. The molecule has 0 spiro atoms. The average molecular weight is 293 g/mol. The summed E-state index contributed by atoms with van der Waals surface area (Å²) in [5.74, 6) is 0.950. The maximum absolute atomic E-state index is 3.67. The molecule has 3 aliphatic rings. The summed E-state index contributed by atoms with van der Waals surface area (Å²) in [6.45, 7) is 13.7. The van der Waals surface area contributed by atoms with Gasteiger partial charge in [0.25, 0.3) is 0 Å². The van der Waals surface area contributed by atoms with Crippen molar-refractivity contribution in [3.05, 3.63) is 0 Å². The molecule has 2 saturated heterocycles. The SMILES string of the molecule is CCNCC1(CN2CCN3CCCC3C2)CCC(C)CC1. The molecule has 0 aromatic carbocycles. The summed E-state index contributed by atoms with van der Waals surface area (Å²) < 4.78 is 0. The molecule has 0 bridgehead atoms. The molecule has 1 saturated carbocycles. The molecule has 2 aliphatic heterocycles. The fraction of sp³-hybridized carbons (Fsp3) is 1.00. The summed E-state index contributed by atoms with van der Waals surface area (Å²) in [4.78, 5) is 5.54. The van der Waals surface area contributed by atoms with E-state index in [9.17, 15) is 0 Å². The number of rotatable bonds is 5. The first-order valence-electron chi connectivity index (χ1n) is 9.38. The summed E-state index contributed by atoms with van der Waals surface area (Å²) in [5.41, 5.74) is 0.559. The Morgan fingerprint density at radius 2 is 1.90 bits per heavy atom. The van der Waals surface area contributed by atoms with Crippen LogP contribution in [-0.2, 0) is 0 Å². The predicted octanol–water partition coefficient (Wildman–Crippen LogP) is 2.57. The Labute approximate surface area is 131 Å². The standard InChI is InChI=1S/C18H35N3/c1-3-19-14-18(8-6-16(2)7-9-18)15-20-11-12-21-10-4-5-17(21)13-20/h16-17,19H,3-15H2,1-2H3. The van der Waals surface area contributed by atoms with Gasteiger partial charge in [-0.2, -0.15) is 0 Å². The summed E-state index contributed by atoms with van der Waals surface area (Å²) >= 11 is 0. The Hall–Kier alpha value is -0.120. The Kier molecular flexibility index (Phi) is 5.23. The molecule has 0 amide bonds. The fourth-order valence-electron chi connectivity index (χ4n) is 4.83. The van der Waals surface area contributed by atoms with Crippen molar-refractivity contribution in [3.8, 4) is 0 Å². The molecule has 0 aromatic rings. The van der Waals surface area contributed by atoms with Gasteiger partial charge in [0.1, 0.15) is 0 Å². The molecular formula is C18H35N3. The van der Waals surface area contributed by atoms with Crippen LogP contribution in [0.3, 0.4) is 0 Å². The van der Waals surface area contributed by atoms with Gasteiger partial charge in [0.2, 0.25) is 0 Å². The van der Waals surface area contributed by atoms with E-state index in [0.29, 0.717) is 5.41 Å². The number of hydrogen-bond donors (Lipinski definition) is 1.